The first kappa shape index (κ1) is 12.7. The number of benzene rings is 2. The molecule has 1 atom stereocenters. The molecule has 1 unspecified atom stereocenters. The highest BCUT2D eigenvalue weighted by molar-refractivity contribution is 5.82. The maximum absolute atomic E-state index is 11.8. The number of rotatable bonds is 2. The summed E-state index contributed by atoms with van der Waals surface area (Å²) in [6.45, 7) is 2.47. The average molecular weight is 268 g/mol. The van der Waals surface area contributed by atoms with E-state index < -0.39 is 11.9 Å². The fourth-order valence-corrected chi connectivity index (χ4v) is 2.71. The number of hydrogen-bond acceptors (Lipinski definition) is 2. The summed E-state index contributed by atoms with van der Waals surface area (Å²) in [5, 5.41) is 9.66. The highest BCUT2D eigenvalue weighted by Crippen LogP contribution is 2.38. The molecule has 0 saturated carbocycles. The summed E-state index contributed by atoms with van der Waals surface area (Å²) in [7, 11) is 0. The van der Waals surface area contributed by atoms with Crippen LogP contribution in [0.3, 0.4) is 0 Å². The second-order valence-electron chi connectivity index (χ2n) is 4.98. The highest BCUT2D eigenvalue weighted by atomic mass is 16.5. The van der Waals surface area contributed by atoms with Gasteiger partial charge in [-0.3, -0.25) is 4.79 Å². The Morgan fingerprint density at radius 3 is 2.80 bits per heavy atom. The third-order valence-electron chi connectivity index (χ3n) is 3.79. The molecule has 2 aromatic rings. The zero-order valence-electron chi connectivity index (χ0n) is 11.3. The molecule has 1 aliphatic heterocycles. The molecule has 3 rings (SSSR count). The lowest BCUT2D eigenvalue weighted by molar-refractivity contribution is -0.137. The van der Waals surface area contributed by atoms with Crippen LogP contribution in [0.2, 0.25) is 0 Å². The molecule has 0 fully saturated rings. The molecular weight excluding hydrogens is 252 g/mol. The van der Waals surface area contributed by atoms with Crippen LogP contribution in [0.4, 0.5) is 0 Å². The van der Waals surface area contributed by atoms with Crippen molar-refractivity contribution in [3.63, 3.8) is 0 Å². The Morgan fingerprint density at radius 2 is 2.05 bits per heavy atom. The smallest absolute Gasteiger partial charge is 0.315 e. The topological polar surface area (TPSA) is 46.5 Å². The first-order chi connectivity index (χ1) is 9.70. The van der Waals surface area contributed by atoms with E-state index in [1.807, 2.05) is 42.5 Å². The van der Waals surface area contributed by atoms with E-state index in [4.69, 9.17) is 4.74 Å². The minimum Gasteiger partial charge on any atom is -0.489 e. The van der Waals surface area contributed by atoms with Gasteiger partial charge in [-0.1, -0.05) is 43.3 Å². The first-order valence-electron chi connectivity index (χ1n) is 6.77. The third kappa shape index (κ3) is 2.05. The van der Waals surface area contributed by atoms with Crippen molar-refractivity contribution in [1.29, 1.82) is 0 Å². The van der Waals surface area contributed by atoms with Crippen LogP contribution in [0.5, 0.6) is 5.75 Å². The van der Waals surface area contributed by atoms with E-state index in [0.717, 1.165) is 28.7 Å². The van der Waals surface area contributed by atoms with Crippen LogP contribution in [-0.4, -0.2) is 11.1 Å². The summed E-state index contributed by atoms with van der Waals surface area (Å²) in [6, 6.07) is 13.4. The molecule has 102 valence electrons. The van der Waals surface area contributed by atoms with Crippen LogP contribution in [0.1, 0.15) is 35.1 Å². The number of aliphatic carboxylic acids is 1. The van der Waals surface area contributed by atoms with Crippen LogP contribution in [0.15, 0.2) is 42.5 Å². The summed E-state index contributed by atoms with van der Waals surface area (Å²) in [6.07, 6.45) is 0.876. The second kappa shape index (κ2) is 5.00. The van der Waals surface area contributed by atoms with Gasteiger partial charge in [-0.15, -0.1) is 0 Å². The minimum atomic E-state index is -0.836. The van der Waals surface area contributed by atoms with Crippen molar-refractivity contribution in [3.05, 3.63) is 64.7 Å². The van der Waals surface area contributed by atoms with E-state index in [1.54, 1.807) is 0 Å². The standard InChI is InChI=1S/C17H16O3/c1-2-11-7-8-15-14(9-11)16(17(18)19)13-6-4-3-5-12(13)10-20-15/h3-9,16H,2,10H2,1H3,(H,18,19). The average Bonchev–Trinajstić information content (AvgIpc) is 2.62. The minimum absolute atomic E-state index is 0.415. The van der Waals surface area contributed by atoms with Crippen molar-refractivity contribution in [2.75, 3.05) is 0 Å². The molecule has 2 aromatic carbocycles. The van der Waals surface area contributed by atoms with E-state index >= 15 is 0 Å². The molecule has 20 heavy (non-hydrogen) atoms. The molecule has 1 N–H and O–H groups in total. The number of ether oxygens (including phenoxy) is 1. The molecule has 3 heteroatoms. The molecule has 0 bridgehead atoms. The van der Waals surface area contributed by atoms with E-state index in [9.17, 15) is 9.90 Å². The molecule has 0 amide bonds. The molecule has 0 aliphatic carbocycles. The van der Waals surface area contributed by atoms with Gasteiger partial charge in [0.05, 0.1) is 0 Å². The maximum Gasteiger partial charge on any atom is 0.315 e. The number of carboxylic acid groups (broad SMARTS) is 1. The van der Waals surface area contributed by atoms with Crippen molar-refractivity contribution in [3.8, 4) is 5.75 Å². The number of carboxylic acids is 1. The van der Waals surface area contributed by atoms with Crippen LogP contribution < -0.4 is 4.74 Å². The molecule has 0 aromatic heterocycles. The van der Waals surface area contributed by atoms with E-state index in [1.165, 1.54) is 0 Å². The Morgan fingerprint density at radius 1 is 1.25 bits per heavy atom. The molecule has 0 radical (unpaired) electrons. The SMILES string of the molecule is CCc1ccc2c(c1)C(C(=O)O)c1ccccc1CO2. The quantitative estimate of drug-likeness (QED) is 0.908. The predicted molar refractivity (Wildman–Crippen MR) is 76.1 cm³/mol. The normalized spacial score (nSPS) is 16.6. The van der Waals surface area contributed by atoms with Crippen molar-refractivity contribution in [1.82, 2.24) is 0 Å². The summed E-state index contributed by atoms with van der Waals surface area (Å²) in [4.78, 5) is 11.8. The van der Waals surface area contributed by atoms with Crippen molar-refractivity contribution < 1.29 is 14.6 Å². The molecular formula is C17H16O3. The van der Waals surface area contributed by atoms with Gasteiger partial charge < -0.3 is 9.84 Å². The summed E-state index contributed by atoms with van der Waals surface area (Å²) in [5.41, 5.74) is 3.64. The van der Waals surface area contributed by atoms with Gasteiger partial charge >= 0.3 is 5.97 Å². The van der Waals surface area contributed by atoms with Crippen molar-refractivity contribution >= 4 is 5.97 Å². The lowest BCUT2D eigenvalue weighted by atomic mass is 9.87. The van der Waals surface area contributed by atoms with Crippen LogP contribution >= 0.6 is 0 Å². The fourth-order valence-electron chi connectivity index (χ4n) is 2.71. The summed E-state index contributed by atoms with van der Waals surface area (Å²) >= 11 is 0. The van der Waals surface area contributed by atoms with Gasteiger partial charge in [-0.25, -0.2) is 0 Å². The summed E-state index contributed by atoms with van der Waals surface area (Å²) in [5.74, 6) is -0.821. The Balaban J connectivity index is 2.22. The van der Waals surface area contributed by atoms with Crippen LogP contribution in [0.25, 0.3) is 0 Å². The summed E-state index contributed by atoms with van der Waals surface area (Å²) < 4.78 is 5.79. The zero-order valence-corrected chi connectivity index (χ0v) is 11.3. The Kier molecular flexibility index (Phi) is 3.18. The molecule has 3 nitrogen and oxygen atoms in total. The molecule has 1 heterocycles. The Hall–Kier alpha value is -2.29. The van der Waals surface area contributed by atoms with Gasteiger partial charge in [-0.2, -0.15) is 0 Å². The predicted octanol–water partition coefficient (Wildman–Crippen LogP) is 3.36. The van der Waals surface area contributed by atoms with E-state index in [2.05, 4.69) is 6.92 Å². The monoisotopic (exact) mass is 268 g/mol. The van der Waals surface area contributed by atoms with Gasteiger partial charge in [0.1, 0.15) is 18.3 Å². The first-order valence-corrected chi connectivity index (χ1v) is 6.77. The Labute approximate surface area is 117 Å². The van der Waals surface area contributed by atoms with Crippen LogP contribution in [-0.2, 0) is 17.8 Å². The van der Waals surface area contributed by atoms with Gasteiger partial charge in [0.2, 0.25) is 0 Å². The second-order valence-corrected chi connectivity index (χ2v) is 4.98. The zero-order chi connectivity index (χ0) is 14.1. The number of carbonyl (C=O) groups is 1. The van der Waals surface area contributed by atoms with Crippen molar-refractivity contribution in [2.24, 2.45) is 0 Å². The lowest BCUT2D eigenvalue weighted by Gasteiger charge is -2.15. The lowest BCUT2D eigenvalue weighted by Crippen LogP contribution is -2.14. The number of fused-ring (bicyclic) bond motifs is 2. The molecule has 0 saturated heterocycles. The third-order valence-corrected chi connectivity index (χ3v) is 3.79. The van der Waals surface area contributed by atoms with Gasteiger partial charge in [0.15, 0.2) is 0 Å². The van der Waals surface area contributed by atoms with Crippen molar-refractivity contribution in [2.45, 2.75) is 25.9 Å². The van der Waals surface area contributed by atoms with Crippen LogP contribution in [0, 0.1) is 0 Å². The van der Waals surface area contributed by atoms with Gasteiger partial charge in [0, 0.05) is 5.56 Å². The largest absolute Gasteiger partial charge is 0.489 e. The molecule has 1 aliphatic rings. The van der Waals surface area contributed by atoms with Gasteiger partial charge in [0.25, 0.3) is 0 Å². The van der Waals surface area contributed by atoms with E-state index in [0.29, 0.717) is 12.4 Å². The number of aryl methyl sites for hydroxylation is 1. The fraction of sp³-hybridized carbons (Fsp3) is 0.235. The maximum atomic E-state index is 11.8. The molecule has 0 spiro atoms. The number of hydrogen-bond donors (Lipinski definition) is 1. The Bertz CT molecular complexity index is 661. The van der Waals surface area contributed by atoms with E-state index in [-0.39, 0.29) is 0 Å². The van der Waals surface area contributed by atoms with Gasteiger partial charge in [-0.05, 0) is 29.2 Å². The highest BCUT2D eigenvalue weighted by Gasteiger charge is 2.30.